The Morgan fingerprint density at radius 1 is 1.00 bits per heavy atom. The van der Waals surface area contributed by atoms with Crippen molar-refractivity contribution < 1.29 is 24.3 Å². The topological polar surface area (TPSA) is 137 Å². The van der Waals surface area contributed by atoms with E-state index in [1.54, 1.807) is 0 Å². The number of hydrogen-bond donors (Lipinski definition) is 7. The van der Waals surface area contributed by atoms with Gasteiger partial charge in [-0.15, -0.1) is 0 Å². The molecule has 160 valence electrons. The van der Waals surface area contributed by atoms with Crippen LogP contribution in [-0.2, 0) is 19.2 Å². The molecule has 28 heavy (non-hydrogen) atoms. The molecule has 5 N–H and O–H groups in total. The van der Waals surface area contributed by atoms with Gasteiger partial charge in [-0.1, -0.05) is 13.8 Å². The number of amides is 3. The number of carbonyl (C=O) groups excluding carboxylic acids is 3. The van der Waals surface area contributed by atoms with E-state index in [9.17, 15) is 24.3 Å². The second kappa shape index (κ2) is 12.2. The Kier molecular flexibility index (Phi) is 10.7. The number of nitrogens with one attached hydrogen (secondary N) is 4. The standard InChI is InChI=1S/C17H30N4O5S2/c1-9(2)6-11(17(25)26)19-15(23)12(7-27)21-16(24)13(8-28)20-14(22)10-4-3-5-18-10/h9-13,18,27-28H,3-8H2,1-2H3,(H,19,23)(H,20,22)(H,21,24)(H,25,26). The van der Waals surface area contributed by atoms with Crippen LogP contribution in [0.3, 0.4) is 0 Å². The van der Waals surface area contributed by atoms with Gasteiger partial charge in [0.1, 0.15) is 18.1 Å². The molecule has 9 nitrogen and oxygen atoms in total. The van der Waals surface area contributed by atoms with Gasteiger partial charge in [-0.3, -0.25) is 14.4 Å². The summed E-state index contributed by atoms with van der Waals surface area (Å²) >= 11 is 8.18. The molecule has 0 spiro atoms. The van der Waals surface area contributed by atoms with Crippen LogP contribution in [0.15, 0.2) is 0 Å². The lowest BCUT2D eigenvalue weighted by Crippen LogP contribution is -2.58. The highest BCUT2D eigenvalue weighted by Gasteiger charge is 2.30. The Labute approximate surface area is 176 Å². The monoisotopic (exact) mass is 434 g/mol. The Balaban J connectivity index is 2.66. The summed E-state index contributed by atoms with van der Waals surface area (Å²) in [6, 6.07) is -3.35. The summed E-state index contributed by atoms with van der Waals surface area (Å²) in [5, 5.41) is 19.8. The van der Waals surface area contributed by atoms with Crippen molar-refractivity contribution in [1.29, 1.82) is 0 Å². The first-order valence-electron chi connectivity index (χ1n) is 9.28. The van der Waals surface area contributed by atoms with Crippen molar-refractivity contribution >= 4 is 48.9 Å². The third-order valence-corrected chi connectivity index (χ3v) is 5.06. The molecule has 11 heteroatoms. The van der Waals surface area contributed by atoms with Gasteiger partial charge in [0.15, 0.2) is 0 Å². The van der Waals surface area contributed by atoms with Crippen LogP contribution < -0.4 is 21.3 Å². The van der Waals surface area contributed by atoms with Crippen molar-refractivity contribution in [1.82, 2.24) is 21.3 Å². The van der Waals surface area contributed by atoms with Gasteiger partial charge in [-0.25, -0.2) is 4.79 Å². The highest BCUT2D eigenvalue weighted by atomic mass is 32.1. The average Bonchev–Trinajstić information content (AvgIpc) is 3.17. The molecule has 3 amide bonds. The van der Waals surface area contributed by atoms with Crippen LogP contribution in [0.5, 0.6) is 0 Å². The van der Waals surface area contributed by atoms with Crippen LogP contribution in [0, 0.1) is 5.92 Å². The first-order chi connectivity index (χ1) is 13.2. The van der Waals surface area contributed by atoms with E-state index in [0.29, 0.717) is 6.42 Å². The second-order valence-electron chi connectivity index (χ2n) is 7.17. The number of carboxylic acids is 1. The van der Waals surface area contributed by atoms with Gasteiger partial charge in [0, 0.05) is 11.5 Å². The van der Waals surface area contributed by atoms with Crippen molar-refractivity contribution in [2.75, 3.05) is 18.1 Å². The molecule has 1 aliphatic heterocycles. The zero-order chi connectivity index (χ0) is 21.3. The van der Waals surface area contributed by atoms with E-state index >= 15 is 0 Å². The summed E-state index contributed by atoms with van der Waals surface area (Å²) in [6.07, 6.45) is 1.84. The van der Waals surface area contributed by atoms with E-state index in [1.807, 2.05) is 13.8 Å². The molecule has 1 saturated heterocycles. The molecule has 0 saturated carbocycles. The zero-order valence-electron chi connectivity index (χ0n) is 16.1. The van der Waals surface area contributed by atoms with E-state index in [-0.39, 0.29) is 35.8 Å². The van der Waals surface area contributed by atoms with Gasteiger partial charge in [0.2, 0.25) is 17.7 Å². The van der Waals surface area contributed by atoms with Crippen LogP contribution in [0.1, 0.15) is 33.1 Å². The molecular formula is C17H30N4O5S2. The molecule has 0 aromatic heterocycles. The summed E-state index contributed by atoms with van der Waals surface area (Å²) in [4.78, 5) is 48.4. The van der Waals surface area contributed by atoms with Crippen molar-refractivity contribution in [3.05, 3.63) is 0 Å². The number of rotatable bonds is 11. The predicted molar refractivity (Wildman–Crippen MR) is 112 cm³/mol. The highest BCUT2D eigenvalue weighted by Crippen LogP contribution is 2.07. The Morgan fingerprint density at radius 3 is 1.96 bits per heavy atom. The van der Waals surface area contributed by atoms with Crippen LogP contribution >= 0.6 is 25.3 Å². The van der Waals surface area contributed by atoms with E-state index in [1.165, 1.54) is 0 Å². The third-order valence-electron chi connectivity index (χ3n) is 4.33. The lowest BCUT2D eigenvalue weighted by Gasteiger charge is -2.24. The van der Waals surface area contributed by atoms with Gasteiger partial charge in [-0.05, 0) is 31.7 Å². The molecular weight excluding hydrogens is 404 g/mol. The first kappa shape index (κ1) is 24.6. The fourth-order valence-corrected chi connectivity index (χ4v) is 3.32. The van der Waals surface area contributed by atoms with E-state index < -0.39 is 35.9 Å². The van der Waals surface area contributed by atoms with E-state index in [4.69, 9.17) is 0 Å². The molecule has 0 bridgehead atoms. The van der Waals surface area contributed by atoms with E-state index in [0.717, 1.165) is 13.0 Å². The van der Waals surface area contributed by atoms with Gasteiger partial charge in [0.05, 0.1) is 6.04 Å². The summed E-state index contributed by atoms with van der Waals surface area (Å²) in [5.74, 6) is -2.56. The molecule has 1 fully saturated rings. The molecule has 0 aliphatic carbocycles. The van der Waals surface area contributed by atoms with Crippen LogP contribution in [0.2, 0.25) is 0 Å². The Bertz CT molecular complexity index is 570. The van der Waals surface area contributed by atoms with Gasteiger partial charge in [0.25, 0.3) is 0 Å². The van der Waals surface area contributed by atoms with Gasteiger partial charge in [-0.2, -0.15) is 25.3 Å². The van der Waals surface area contributed by atoms with Crippen LogP contribution in [0.25, 0.3) is 0 Å². The minimum atomic E-state index is -1.14. The summed E-state index contributed by atoms with van der Waals surface area (Å²) in [5.41, 5.74) is 0. The van der Waals surface area contributed by atoms with Crippen molar-refractivity contribution in [2.24, 2.45) is 5.92 Å². The molecule has 0 aromatic carbocycles. The first-order valence-corrected chi connectivity index (χ1v) is 10.5. The third kappa shape index (κ3) is 7.88. The molecule has 0 aromatic rings. The maximum atomic E-state index is 12.5. The number of hydrogen-bond acceptors (Lipinski definition) is 7. The normalized spacial score (nSPS) is 19.5. The smallest absolute Gasteiger partial charge is 0.326 e. The fraction of sp³-hybridized carbons (Fsp3) is 0.765. The summed E-state index contributed by atoms with van der Waals surface area (Å²) in [6.45, 7) is 4.44. The number of thiol groups is 2. The van der Waals surface area contributed by atoms with Crippen molar-refractivity contribution in [3.63, 3.8) is 0 Å². The summed E-state index contributed by atoms with van der Waals surface area (Å²) in [7, 11) is 0. The molecule has 4 unspecified atom stereocenters. The minimum absolute atomic E-state index is 0.0248. The number of aliphatic carboxylic acids is 1. The SMILES string of the molecule is CC(C)CC(NC(=O)C(CS)NC(=O)C(CS)NC(=O)C1CCCN1)C(=O)O. The molecule has 4 atom stereocenters. The van der Waals surface area contributed by atoms with E-state index in [2.05, 4.69) is 46.5 Å². The molecule has 1 aliphatic rings. The quantitative estimate of drug-likeness (QED) is 0.212. The lowest BCUT2D eigenvalue weighted by molar-refractivity contribution is -0.142. The number of carbonyl (C=O) groups is 4. The lowest BCUT2D eigenvalue weighted by atomic mass is 10.0. The summed E-state index contributed by atoms with van der Waals surface area (Å²) < 4.78 is 0. The average molecular weight is 435 g/mol. The fourth-order valence-electron chi connectivity index (χ4n) is 2.81. The maximum Gasteiger partial charge on any atom is 0.326 e. The maximum absolute atomic E-state index is 12.5. The predicted octanol–water partition coefficient (Wildman–Crippen LogP) is -0.817. The largest absolute Gasteiger partial charge is 0.480 e. The minimum Gasteiger partial charge on any atom is -0.480 e. The highest BCUT2D eigenvalue weighted by molar-refractivity contribution is 7.80. The molecule has 0 radical (unpaired) electrons. The second-order valence-corrected chi connectivity index (χ2v) is 7.90. The Morgan fingerprint density at radius 2 is 1.54 bits per heavy atom. The Hall–Kier alpha value is -1.46. The van der Waals surface area contributed by atoms with Gasteiger partial charge >= 0.3 is 5.97 Å². The molecule has 1 heterocycles. The zero-order valence-corrected chi connectivity index (χ0v) is 17.9. The van der Waals surface area contributed by atoms with Gasteiger partial charge < -0.3 is 26.4 Å². The van der Waals surface area contributed by atoms with Crippen LogP contribution in [-0.4, -0.2) is 71.0 Å². The van der Waals surface area contributed by atoms with Crippen molar-refractivity contribution in [3.8, 4) is 0 Å². The molecule has 1 rings (SSSR count). The van der Waals surface area contributed by atoms with Crippen molar-refractivity contribution in [2.45, 2.75) is 57.3 Å². The van der Waals surface area contributed by atoms with Crippen LogP contribution in [0.4, 0.5) is 0 Å². The number of carboxylic acid groups (broad SMARTS) is 1.